The Morgan fingerprint density at radius 1 is 1.25 bits per heavy atom. The number of carbonyl (C=O) groups excluding carboxylic acids is 1. The molecule has 198 valence electrons. The number of likely N-dealkylation sites (N-methyl/N-ethyl adjacent to an activating group) is 1. The van der Waals surface area contributed by atoms with Gasteiger partial charge in [0, 0.05) is 37.4 Å². The smallest absolute Gasteiger partial charge is 0.426 e. The number of benzene rings is 1. The quantitative estimate of drug-likeness (QED) is 0.346. The SMILES string of the molecule is CC(O)(C(=O)NC1CCN(C=NCc2ccccc2O)CC1)C(F)(F)F.CNC1=CC=CCC=C1C. The summed E-state index contributed by atoms with van der Waals surface area (Å²) in [7, 11) is 1.95. The maximum Gasteiger partial charge on any atom is 0.426 e. The number of rotatable bonds is 6. The fraction of sp³-hybridized carbons (Fsp3) is 0.462. The molecule has 2 aliphatic rings. The Morgan fingerprint density at radius 3 is 2.53 bits per heavy atom. The lowest BCUT2D eigenvalue weighted by atomic mass is 10.0. The third kappa shape index (κ3) is 8.44. The first-order chi connectivity index (χ1) is 17.0. The molecule has 10 heteroatoms. The van der Waals surface area contributed by atoms with E-state index in [1.807, 2.05) is 11.9 Å². The van der Waals surface area contributed by atoms with Crippen molar-refractivity contribution in [2.45, 2.75) is 57.5 Å². The van der Waals surface area contributed by atoms with Crippen LogP contribution in [-0.4, -0.2) is 65.3 Å². The van der Waals surface area contributed by atoms with Gasteiger partial charge in [-0.05, 0) is 50.8 Å². The van der Waals surface area contributed by atoms with Gasteiger partial charge >= 0.3 is 6.18 Å². The monoisotopic (exact) mass is 508 g/mol. The Balaban J connectivity index is 0.000000380. The summed E-state index contributed by atoms with van der Waals surface area (Å²) in [6.07, 6.45) is 7.10. The molecule has 3 rings (SSSR count). The zero-order valence-corrected chi connectivity index (χ0v) is 20.8. The van der Waals surface area contributed by atoms with E-state index in [0.717, 1.165) is 6.42 Å². The van der Waals surface area contributed by atoms with Gasteiger partial charge in [0.2, 0.25) is 5.60 Å². The first kappa shape index (κ1) is 29.0. The molecule has 1 aliphatic carbocycles. The van der Waals surface area contributed by atoms with Crippen molar-refractivity contribution in [1.82, 2.24) is 15.5 Å². The number of carbonyl (C=O) groups is 1. The molecule has 1 amide bonds. The lowest BCUT2D eigenvalue weighted by Crippen LogP contribution is -2.58. The first-order valence-corrected chi connectivity index (χ1v) is 11.8. The van der Waals surface area contributed by atoms with Crippen molar-refractivity contribution in [2.24, 2.45) is 4.99 Å². The van der Waals surface area contributed by atoms with Crippen molar-refractivity contribution in [3.05, 3.63) is 65.4 Å². The van der Waals surface area contributed by atoms with E-state index in [4.69, 9.17) is 0 Å². The number of amides is 1. The predicted molar refractivity (Wildman–Crippen MR) is 134 cm³/mol. The minimum absolute atomic E-state index is 0.169. The van der Waals surface area contributed by atoms with E-state index in [1.54, 1.807) is 30.6 Å². The maximum atomic E-state index is 12.7. The number of aliphatic hydroxyl groups is 1. The third-order valence-electron chi connectivity index (χ3n) is 6.01. The Labute approximate surface area is 210 Å². The average Bonchev–Trinajstić information content (AvgIpc) is 3.04. The lowest BCUT2D eigenvalue weighted by Gasteiger charge is -2.33. The van der Waals surface area contributed by atoms with Crippen LogP contribution in [0.2, 0.25) is 0 Å². The number of nitrogens with one attached hydrogen (secondary N) is 2. The van der Waals surface area contributed by atoms with Crippen molar-refractivity contribution < 1.29 is 28.2 Å². The molecule has 0 aromatic heterocycles. The van der Waals surface area contributed by atoms with Crippen LogP contribution in [0.1, 0.15) is 38.7 Å². The summed E-state index contributed by atoms with van der Waals surface area (Å²) >= 11 is 0. The van der Waals surface area contributed by atoms with Gasteiger partial charge in [0.05, 0.1) is 12.9 Å². The van der Waals surface area contributed by atoms with E-state index in [-0.39, 0.29) is 5.75 Å². The van der Waals surface area contributed by atoms with Gasteiger partial charge in [-0.25, -0.2) is 0 Å². The molecule has 1 aliphatic heterocycles. The number of phenolic OH excluding ortho intramolecular Hbond substituents is 1. The van der Waals surface area contributed by atoms with Crippen molar-refractivity contribution in [1.29, 1.82) is 0 Å². The highest BCUT2D eigenvalue weighted by molar-refractivity contribution is 5.85. The normalized spacial score (nSPS) is 18.4. The molecule has 1 atom stereocenters. The van der Waals surface area contributed by atoms with Crippen LogP contribution in [0.5, 0.6) is 5.75 Å². The molecule has 36 heavy (non-hydrogen) atoms. The summed E-state index contributed by atoms with van der Waals surface area (Å²) in [5, 5.41) is 24.4. The fourth-order valence-corrected chi connectivity index (χ4v) is 3.52. The van der Waals surface area contributed by atoms with Crippen LogP contribution < -0.4 is 10.6 Å². The molecule has 0 radical (unpaired) electrons. The Morgan fingerprint density at radius 2 is 1.92 bits per heavy atom. The van der Waals surface area contributed by atoms with Gasteiger partial charge in [-0.3, -0.25) is 9.79 Å². The van der Waals surface area contributed by atoms with Crippen LogP contribution in [0.25, 0.3) is 0 Å². The summed E-state index contributed by atoms with van der Waals surface area (Å²) < 4.78 is 38.0. The molecular weight excluding hydrogens is 473 g/mol. The number of hydrogen-bond donors (Lipinski definition) is 4. The van der Waals surface area contributed by atoms with Crippen LogP contribution in [0.15, 0.2) is 64.8 Å². The number of piperidine rings is 1. The second kappa shape index (κ2) is 13.2. The summed E-state index contributed by atoms with van der Waals surface area (Å²) in [4.78, 5) is 17.8. The Kier molecular flexibility index (Phi) is 10.6. The van der Waals surface area contributed by atoms with Gasteiger partial charge < -0.3 is 25.7 Å². The molecule has 4 N–H and O–H groups in total. The number of nitrogens with zero attached hydrogens (tertiary/aromatic N) is 2. The number of hydrogen-bond acceptors (Lipinski definition) is 5. The molecule has 1 unspecified atom stereocenters. The van der Waals surface area contributed by atoms with Gasteiger partial charge in [0.1, 0.15) is 5.75 Å². The zero-order valence-electron chi connectivity index (χ0n) is 20.8. The predicted octanol–water partition coefficient (Wildman–Crippen LogP) is 3.81. The van der Waals surface area contributed by atoms with Gasteiger partial charge in [-0.15, -0.1) is 0 Å². The fourth-order valence-electron chi connectivity index (χ4n) is 3.52. The van der Waals surface area contributed by atoms with Crippen molar-refractivity contribution in [3.8, 4) is 5.75 Å². The van der Waals surface area contributed by atoms with E-state index in [1.165, 1.54) is 11.3 Å². The van der Waals surface area contributed by atoms with Crippen LogP contribution in [0.4, 0.5) is 13.2 Å². The first-order valence-electron chi connectivity index (χ1n) is 11.8. The number of alkyl halides is 3. The molecule has 1 aromatic rings. The Bertz CT molecular complexity index is 992. The maximum absolute atomic E-state index is 12.7. The van der Waals surface area contributed by atoms with Gasteiger partial charge in [0.25, 0.3) is 5.91 Å². The minimum atomic E-state index is -5.02. The van der Waals surface area contributed by atoms with Crippen LogP contribution in [0, 0.1) is 0 Å². The highest BCUT2D eigenvalue weighted by Crippen LogP contribution is 2.30. The number of aliphatic imine (C=N–C) groups is 1. The Hall–Kier alpha value is -3.27. The van der Waals surface area contributed by atoms with Gasteiger partial charge in [-0.1, -0.05) is 36.4 Å². The molecule has 0 bridgehead atoms. The average molecular weight is 509 g/mol. The topological polar surface area (TPSA) is 97.2 Å². The number of halogens is 3. The molecule has 0 saturated carbocycles. The number of likely N-dealkylation sites (tertiary alicyclic amines) is 1. The second-order valence-electron chi connectivity index (χ2n) is 8.82. The van der Waals surface area contributed by atoms with Crippen molar-refractivity contribution in [2.75, 3.05) is 20.1 Å². The van der Waals surface area contributed by atoms with E-state index in [2.05, 4.69) is 46.9 Å². The number of para-hydroxylation sites is 1. The minimum Gasteiger partial charge on any atom is -0.508 e. The molecule has 1 fully saturated rings. The largest absolute Gasteiger partial charge is 0.508 e. The van der Waals surface area contributed by atoms with Crippen LogP contribution in [0.3, 0.4) is 0 Å². The number of phenols is 1. The zero-order chi connectivity index (χ0) is 26.8. The number of aromatic hydroxyl groups is 1. The van der Waals surface area contributed by atoms with Crippen LogP contribution >= 0.6 is 0 Å². The van der Waals surface area contributed by atoms with Gasteiger partial charge in [-0.2, -0.15) is 13.2 Å². The molecule has 1 heterocycles. The lowest BCUT2D eigenvalue weighted by molar-refractivity contribution is -0.245. The van der Waals surface area contributed by atoms with Crippen molar-refractivity contribution >= 4 is 12.2 Å². The molecule has 7 nitrogen and oxygen atoms in total. The summed E-state index contributed by atoms with van der Waals surface area (Å²) in [5.74, 6) is -1.26. The standard InChI is InChI=1S/C17H22F3N3O3.C9H13N/c1-16(26,17(18,19)20)15(25)22-13-6-8-23(9-7-13)11-21-10-12-4-2-3-5-14(12)24;1-8-6-4-3-5-7-9(8)10-2/h2-5,11,13,24,26H,6-10H2,1H3,(H,22,25);3,5-7,10H,4H2,1-2H3. The van der Waals surface area contributed by atoms with Gasteiger partial charge in [0.15, 0.2) is 0 Å². The summed E-state index contributed by atoms with van der Waals surface area (Å²) in [6.45, 7) is 3.92. The van der Waals surface area contributed by atoms with Crippen LogP contribution in [-0.2, 0) is 11.3 Å². The number of allylic oxidation sites excluding steroid dienone is 5. The van der Waals surface area contributed by atoms with E-state index < -0.39 is 23.7 Å². The van der Waals surface area contributed by atoms with Crippen molar-refractivity contribution in [3.63, 3.8) is 0 Å². The molecule has 1 aromatic carbocycles. The highest BCUT2D eigenvalue weighted by Gasteiger charge is 2.56. The summed E-state index contributed by atoms with van der Waals surface area (Å²) in [5.41, 5.74) is -0.162. The van der Waals surface area contributed by atoms with E-state index in [0.29, 0.717) is 45.0 Å². The third-order valence-corrected chi connectivity index (χ3v) is 6.01. The molecular formula is C26H35F3N4O3. The highest BCUT2D eigenvalue weighted by atomic mass is 19.4. The molecule has 1 saturated heterocycles. The molecule has 0 spiro atoms. The second-order valence-corrected chi connectivity index (χ2v) is 8.82. The van der Waals surface area contributed by atoms with E-state index >= 15 is 0 Å². The summed E-state index contributed by atoms with van der Waals surface area (Å²) in [6, 6.07) is 6.43. The van der Waals surface area contributed by atoms with E-state index in [9.17, 15) is 28.2 Å².